The van der Waals surface area contributed by atoms with Gasteiger partial charge in [0.1, 0.15) is 5.54 Å². The van der Waals surface area contributed by atoms with E-state index in [2.05, 4.69) is 10.4 Å². The predicted molar refractivity (Wildman–Crippen MR) is 49.6 cm³/mol. The largest absolute Gasteiger partial charge is 0.368 e. The molecule has 74 valence electrons. The average Bonchev–Trinajstić information content (AvgIpc) is 2.08. The lowest BCUT2D eigenvalue weighted by Gasteiger charge is -2.41. The summed E-state index contributed by atoms with van der Waals surface area (Å²) >= 11 is 0. The maximum absolute atomic E-state index is 11.4. The molecule has 1 saturated heterocycles. The Kier molecular flexibility index (Phi) is 2.31. The standard InChI is InChI=1S/C7H15N5O/c1-7(2)5(13)10-3-4-12(7)6(8)11-9/h3-4,9H2,1-2H3,(H2,8,11)(H,10,13). The van der Waals surface area contributed by atoms with Crippen molar-refractivity contribution in [3.8, 4) is 0 Å². The van der Waals surface area contributed by atoms with Gasteiger partial charge in [-0.25, -0.2) is 0 Å². The number of hydrogen-bond acceptors (Lipinski definition) is 3. The number of nitrogens with zero attached hydrogens (tertiary/aromatic N) is 2. The van der Waals surface area contributed by atoms with E-state index in [1.807, 2.05) is 0 Å². The number of nitrogens with two attached hydrogens (primary N) is 2. The van der Waals surface area contributed by atoms with Crippen LogP contribution in [0.2, 0.25) is 0 Å². The molecule has 0 aromatic rings. The lowest BCUT2D eigenvalue weighted by Crippen LogP contribution is -2.65. The highest BCUT2D eigenvalue weighted by molar-refractivity contribution is 5.92. The molecule has 5 N–H and O–H groups in total. The maximum atomic E-state index is 11.4. The number of hydrogen-bond donors (Lipinski definition) is 3. The van der Waals surface area contributed by atoms with Crippen molar-refractivity contribution in [2.45, 2.75) is 19.4 Å². The minimum Gasteiger partial charge on any atom is -0.368 e. The fourth-order valence-corrected chi connectivity index (χ4v) is 1.37. The number of hydrazone groups is 1. The summed E-state index contributed by atoms with van der Waals surface area (Å²) in [6.07, 6.45) is 0. The molecule has 6 nitrogen and oxygen atoms in total. The summed E-state index contributed by atoms with van der Waals surface area (Å²) in [6.45, 7) is 4.75. The number of rotatable bonds is 0. The first-order chi connectivity index (χ1) is 6.00. The molecule has 0 unspecified atom stereocenters. The van der Waals surface area contributed by atoms with Crippen molar-refractivity contribution >= 4 is 11.9 Å². The smallest absolute Gasteiger partial charge is 0.245 e. The summed E-state index contributed by atoms with van der Waals surface area (Å²) in [7, 11) is 0. The molecule has 1 amide bonds. The SMILES string of the molecule is CC1(C)C(=O)NCCN1C(N)=NN. The molecule has 1 heterocycles. The van der Waals surface area contributed by atoms with E-state index in [0.29, 0.717) is 13.1 Å². The van der Waals surface area contributed by atoms with Gasteiger partial charge in [-0.1, -0.05) is 0 Å². The third kappa shape index (κ3) is 1.51. The number of nitrogens with one attached hydrogen (secondary N) is 1. The first-order valence-electron chi connectivity index (χ1n) is 4.09. The zero-order valence-corrected chi connectivity index (χ0v) is 7.87. The van der Waals surface area contributed by atoms with E-state index in [0.717, 1.165) is 0 Å². The van der Waals surface area contributed by atoms with E-state index >= 15 is 0 Å². The Morgan fingerprint density at radius 2 is 2.31 bits per heavy atom. The minimum atomic E-state index is -0.675. The molecule has 0 saturated carbocycles. The van der Waals surface area contributed by atoms with Crippen molar-refractivity contribution in [3.63, 3.8) is 0 Å². The molecule has 0 atom stereocenters. The van der Waals surface area contributed by atoms with Crippen LogP contribution in [-0.2, 0) is 4.79 Å². The van der Waals surface area contributed by atoms with E-state index in [-0.39, 0.29) is 11.9 Å². The van der Waals surface area contributed by atoms with Crippen LogP contribution in [0.3, 0.4) is 0 Å². The van der Waals surface area contributed by atoms with Crippen LogP contribution in [0.5, 0.6) is 0 Å². The lowest BCUT2D eigenvalue weighted by molar-refractivity contribution is -0.132. The summed E-state index contributed by atoms with van der Waals surface area (Å²) < 4.78 is 0. The molecule has 1 aliphatic heterocycles. The quantitative estimate of drug-likeness (QED) is 0.183. The number of amides is 1. The second-order valence-electron chi connectivity index (χ2n) is 3.45. The molecule has 1 fully saturated rings. The first-order valence-corrected chi connectivity index (χ1v) is 4.09. The highest BCUT2D eigenvalue weighted by Crippen LogP contribution is 2.16. The van der Waals surface area contributed by atoms with Crippen LogP contribution in [0.25, 0.3) is 0 Å². The molecule has 0 aliphatic carbocycles. The fourth-order valence-electron chi connectivity index (χ4n) is 1.37. The normalized spacial score (nSPS) is 22.8. The second kappa shape index (κ2) is 3.12. The van der Waals surface area contributed by atoms with Gasteiger partial charge in [-0.05, 0) is 13.8 Å². The second-order valence-corrected chi connectivity index (χ2v) is 3.45. The van der Waals surface area contributed by atoms with Gasteiger partial charge in [0, 0.05) is 13.1 Å². The Labute approximate surface area is 76.9 Å². The van der Waals surface area contributed by atoms with Crippen molar-refractivity contribution < 1.29 is 4.79 Å². The molecule has 0 aromatic carbocycles. The molecule has 1 rings (SSSR count). The van der Waals surface area contributed by atoms with E-state index < -0.39 is 5.54 Å². The summed E-state index contributed by atoms with van der Waals surface area (Å²) in [5.41, 5.74) is 4.88. The number of carbonyl (C=O) groups is 1. The highest BCUT2D eigenvalue weighted by atomic mass is 16.2. The molecule has 0 spiro atoms. The Hall–Kier alpha value is -1.46. The Morgan fingerprint density at radius 1 is 1.69 bits per heavy atom. The van der Waals surface area contributed by atoms with Crippen LogP contribution in [0.4, 0.5) is 0 Å². The van der Waals surface area contributed by atoms with Crippen LogP contribution in [-0.4, -0.2) is 35.4 Å². The Bertz CT molecular complexity index is 247. The zero-order chi connectivity index (χ0) is 10.1. The third-order valence-electron chi connectivity index (χ3n) is 2.26. The van der Waals surface area contributed by atoms with Crippen molar-refractivity contribution in [1.29, 1.82) is 0 Å². The number of carbonyl (C=O) groups excluding carboxylic acids is 1. The van der Waals surface area contributed by atoms with E-state index in [4.69, 9.17) is 11.6 Å². The van der Waals surface area contributed by atoms with Crippen molar-refractivity contribution in [2.75, 3.05) is 13.1 Å². The molecule has 6 heteroatoms. The van der Waals surface area contributed by atoms with Gasteiger partial charge < -0.3 is 21.8 Å². The van der Waals surface area contributed by atoms with E-state index in [9.17, 15) is 4.79 Å². The van der Waals surface area contributed by atoms with Crippen LogP contribution in [0.1, 0.15) is 13.8 Å². The topological polar surface area (TPSA) is 96.7 Å². The molecule has 0 radical (unpaired) electrons. The molecular formula is C7H15N5O. The van der Waals surface area contributed by atoms with Crippen LogP contribution in [0, 0.1) is 0 Å². The molecule has 13 heavy (non-hydrogen) atoms. The monoisotopic (exact) mass is 185 g/mol. The maximum Gasteiger partial charge on any atom is 0.245 e. The van der Waals surface area contributed by atoms with Crippen LogP contribution < -0.4 is 16.9 Å². The molecular weight excluding hydrogens is 170 g/mol. The van der Waals surface area contributed by atoms with Gasteiger partial charge in [-0.2, -0.15) is 0 Å². The van der Waals surface area contributed by atoms with Crippen LogP contribution in [0.15, 0.2) is 5.10 Å². The van der Waals surface area contributed by atoms with Gasteiger partial charge in [0.25, 0.3) is 0 Å². The average molecular weight is 185 g/mol. The summed E-state index contributed by atoms with van der Waals surface area (Å²) in [5.74, 6) is 5.19. The van der Waals surface area contributed by atoms with Gasteiger partial charge in [0.05, 0.1) is 0 Å². The zero-order valence-electron chi connectivity index (χ0n) is 7.87. The third-order valence-corrected chi connectivity index (χ3v) is 2.26. The number of piperazine rings is 1. The Balaban J connectivity index is 2.90. The number of guanidine groups is 1. The van der Waals surface area contributed by atoms with E-state index in [1.54, 1.807) is 18.7 Å². The molecule has 0 aromatic heterocycles. The van der Waals surface area contributed by atoms with Gasteiger partial charge in [-0.3, -0.25) is 4.79 Å². The first kappa shape index (κ1) is 9.63. The van der Waals surface area contributed by atoms with E-state index in [1.165, 1.54) is 0 Å². The minimum absolute atomic E-state index is 0.0645. The van der Waals surface area contributed by atoms with Gasteiger partial charge in [-0.15, -0.1) is 5.10 Å². The molecule has 0 bridgehead atoms. The summed E-state index contributed by atoms with van der Waals surface area (Å²) in [4.78, 5) is 13.1. The Morgan fingerprint density at radius 3 is 2.85 bits per heavy atom. The van der Waals surface area contributed by atoms with Crippen molar-refractivity contribution in [1.82, 2.24) is 10.2 Å². The molecule has 1 aliphatic rings. The summed E-state index contributed by atoms with van der Waals surface area (Å²) in [5, 5.41) is 6.13. The fraction of sp³-hybridized carbons (Fsp3) is 0.714. The highest BCUT2D eigenvalue weighted by Gasteiger charge is 2.38. The van der Waals surface area contributed by atoms with Crippen molar-refractivity contribution in [2.24, 2.45) is 16.7 Å². The summed E-state index contributed by atoms with van der Waals surface area (Å²) in [6, 6.07) is 0. The van der Waals surface area contributed by atoms with Crippen LogP contribution >= 0.6 is 0 Å². The van der Waals surface area contributed by atoms with Crippen molar-refractivity contribution in [3.05, 3.63) is 0 Å². The lowest BCUT2D eigenvalue weighted by atomic mass is 10.00. The van der Waals surface area contributed by atoms with Gasteiger partial charge in [0.2, 0.25) is 11.9 Å². The predicted octanol–water partition coefficient (Wildman–Crippen LogP) is -1.61. The van der Waals surface area contributed by atoms with Gasteiger partial charge >= 0.3 is 0 Å². The van der Waals surface area contributed by atoms with Gasteiger partial charge in [0.15, 0.2) is 0 Å².